The molecule has 0 aliphatic carbocycles. The molecule has 0 fully saturated rings. The maximum Gasteiger partial charge on any atom is 0.165 e. The molecular weight excluding hydrogens is 392 g/mol. The van der Waals surface area contributed by atoms with Crippen LogP contribution in [0.15, 0.2) is 53.7 Å². The van der Waals surface area contributed by atoms with Crippen LogP contribution in [0.25, 0.3) is 22.4 Å². The van der Waals surface area contributed by atoms with E-state index in [4.69, 9.17) is 10.4 Å². The van der Waals surface area contributed by atoms with Crippen molar-refractivity contribution in [3.63, 3.8) is 0 Å². The Morgan fingerprint density at radius 3 is 2.69 bits per heavy atom. The van der Waals surface area contributed by atoms with Gasteiger partial charge in [-0.15, -0.1) is 0 Å². The maximum absolute atomic E-state index is 9.15. The summed E-state index contributed by atoms with van der Waals surface area (Å²) in [6, 6.07) is 9.68. The lowest BCUT2D eigenvalue weighted by Gasteiger charge is -2.07. The fraction of sp³-hybridized carbons (Fsp3) is 0.158. The van der Waals surface area contributed by atoms with Gasteiger partial charge in [0.05, 0.1) is 34.3 Å². The largest absolute Gasteiger partial charge is 0.305 e. The molecule has 0 saturated heterocycles. The zero-order valence-corrected chi connectivity index (χ0v) is 15.8. The molecule has 0 radical (unpaired) electrons. The molecule has 0 aliphatic rings. The number of rotatable bonds is 3. The standard InChI is InChI=1S/C19H15BrN6/c1-12(2)18-17-16(25-8-7-22-11-25)5-6-23-19(17)26(24-18)14-4-3-13(10-21)15(20)9-14/h3-9,11-12H,1-2H3. The third kappa shape index (κ3) is 2.59. The summed E-state index contributed by atoms with van der Waals surface area (Å²) >= 11 is 3.45. The number of pyridine rings is 1. The molecule has 0 bridgehead atoms. The number of hydrogen-bond acceptors (Lipinski definition) is 4. The average molecular weight is 407 g/mol. The lowest BCUT2D eigenvalue weighted by molar-refractivity contribution is 0.776. The SMILES string of the molecule is CC(C)c1nn(-c2ccc(C#N)c(Br)c2)c2nccc(-n3ccnc3)c12. The predicted molar refractivity (Wildman–Crippen MR) is 102 cm³/mol. The highest BCUT2D eigenvalue weighted by Gasteiger charge is 2.20. The molecule has 3 heterocycles. The van der Waals surface area contributed by atoms with E-state index < -0.39 is 0 Å². The molecule has 6 nitrogen and oxygen atoms in total. The molecule has 26 heavy (non-hydrogen) atoms. The van der Waals surface area contributed by atoms with Crippen LogP contribution in [0.4, 0.5) is 0 Å². The van der Waals surface area contributed by atoms with E-state index in [1.165, 1.54) is 0 Å². The van der Waals surface area contributed by atoms with Crippen molar-refractivity contribution in [3.05, 3.63) is 64.9 Å². The van der Waals surface area contributed by atoms with Crippen molar-refractivity contribution in [1.82, 2.24) is 24.3 Å². The second-order valence-corrected chi connectivity index (χ2v) is 7.08. The summed E-state index contributed by atoms with van der Waals surface area (Å²) in [7, 11) is 0. The van der Waals surface area contributed by atoms with Gasteiger partial charge in [0, 0.05) is 23.1 Å². The van der Waals surface area contributed by atoms with Crippen LogP contribution in [0.3, 0.4) is 0 Å². The second-order valence-electron chi connectivity index (χ2n) is 6.23. The predicted octanol–water partition coefficient (Wildman–Crippen LogP) is 4.36. The summed E-state index contributed by atoms with van der Waals surface area (Å²) in [4.78, 5) is 8.74. The highest BCUT2D eigenvalue weighted by atomic mass is 79.9. The minimum atomic E-state index is 0.229. The smallest absolute Gasteiger partial charge is 0.165 e. The highest BCUT2D eigenvalue weighted by Crippen LogP contribution is 2.31. The van der Waals surface area contributed by atoms with Gasteiger partial charge in [0.1, 0.15) is 6.07 Å². The molecule has 4 aromatic rings. The van der Waals surface area contributed by atoms with Crippen molar-refractivity contribution in [2.45, 2.75) is 19.8 Å². The first kappa shape index (κ1) is 16.5. The van der Waals surface area contributed by atoms with Crippen molar-refractivity contribution < 1.29 is 0 Å². The van der Waals surface area contributed by atoms with Crippen LogP contribution in [0.2, 0.25) is 0 Å². The van der Waals surface area contributed by atoms with E-state index in [-0.39, 0.29) is 5.92 Å². The van der Waals surface area contributed by atoms with Gasteiger partial charge in [0.25, 0.3) is 0 Å². The molecule has 0 spiro atoms. The molecule has 3 aromatic heterocycles. The number of aromatic nitrogens is 5. The summed E-state index contributed by atoms with van der Waals surface area (Å²) in [5, 5.41) is 15.0. The summed E-state index contributed by atoms with van der Waals surface area (Å²) in [5.74, 6) is 0.229. The first-order valence-electron chi connectivity index (χ1n) is 8.16. The maximum atomic E-state index is 9.15. The fourth-order valence-corrected chi connectivity index (χ4v) is 3.44. The van der Waals surface area contributed by atoms with Gasteiger partial charge in [0.15, 0.2) is 5.65 Å². The number of fused-ring (bicyclic) bond motifs is 1. The van der Waals surface area contributed by atoms with Crippen molar-refractivity contribution in [3.8, 4) is 17.4 Å². The Morgan fingerprint density at radius 2 is 2.04 bits per heavy atom. The van der Waals surface area contributed by atoms with Crippen LogP contribution in [0.1, 0.15) is 31.0 Å². The molecule has 0 atom stereocenters. The van der Waals surface area contributed by atoms with E-state index >= 15 is 0 Å². The number of nitrogens with zero attached hydrogens (tertiary/aromatic N) is 6. The van der Waals surface area contributed by atoms with Gasteiger partial charge < -0.3 is 4.57 Å². The fourth-order valence-electron chi connectivity index (χ4n) is 2.98. The average Bonchev–Trinajstić information content (AvgIpc) is 3.29. The van der Waals surface area contributed by atoms with Gasteiger partial charge in [-0.05, 0) is 46.1 Å². The molecule has 0 N–H and O–H groups in total. The topological polar surface area (TPSA) is 72.3 Å². The summed E-state index contributed by atoms with van der Waals surface area (Å²) < 4.78 is 4.53. The van der Waals surface area contributed by atoms with E-state index in [0.29, 0.717) is 5.56 Å². The Bertz CT molecular complexity index is 1140. The molecule has 128 valence electrons. The normalized spacial score (nSPS) is 11.2. The van der Waals surface area contributed by atoms with Gasteiger partial charge in [-0.2, -0.15) is 10.4 Å². The number of imidazole rings is 1. The third-order valence-corrected chi connectivity index (χ3v) is 4.88. The Kier molecular flexibility index (Phi) is 4.05. The van der Waals surface area contributed by atoms with E-state index in [9.17, 15) is 0 Å². The molecule has 4 rings (SSSR count). The minimum Gasteiger partial charge on any atom is -0.305 e. The molecule has 0 amide bonds. The second kappa shape index (κ2) is 6.39. The quantitative estimate of drug-likeness (QED) is 0.506. The van der Waals surface area contributed by atoms with Crippen molar-refractivity contribution in [2.24, 2.45) is 0 Å². The van der Waals surface area contributed by atoms with E-state index in [1.54, 1.807) is 24.8 Å². The van der Waals surface area contributed by atoms with Crippen LogP contribution in [-0.2, 0) is 0 Å². The Hall–Kier alpha value is -2.98. The molecule has 0 saturated carbocycles. The molecule has 7 heteroatoms. The van der Waals surface area contributed by atoms with Gasteiger partial charge in [-0.25, -0.2) is 14.6 Å². The molecule has 1 aromatic carbocycles. The Morgan fingerprint density at radius 1 is 1.19 bits per heavy atom. The van der Waals surface area contributed by atoms with Gasteiger partial charge in [-0.1, -0.05) is 13.8 Å². The number of nitriles is 1. The van der Waals surface area contributed by atoms with Crippen LogP contribution in [0, 0.1) is 11.3 Å². The lowest BCUT2D eigenvalue weighted by atomic mass is 10.1. The monoisotopic (exact) mass is 406 g/mol. The van der Waals surface area contributed by atoms with Gasteiger partial charge in [-0.3, -0.25) is 0 Å². The minimum absolute atomic E-state index is 0.229. The van der Waals surface area contributed by atoms with Gasteiger partial charge in [0.2, 0.25) is 0 Å². The lowest BCUT2D eigenvalue weighted by Crippen LogP contribution is -1.99. The third-order valence-electron chi connectivity index (χ3n) is 4.22. The zero-order chi connectivity index (χ0) is 18.3. The number of hydrogen-bond donors (Lipinski definition) is 0. The van der Waals surface area contributed by atoms with E-state index in [2.05, 4.69) is 45.8 Å². The summed E-state index contributed by atoms with van der Waals surface area (Å²) in [6.45, 7) is 4.23. The summed E-state index contributed by atoms with van der Waals surface area (Å²) in [5.41, 5.74) is 4.17. The molecule has 0 aliphatic heterocycles. The van der Waals surface area contributed by atoms with Crippen molar-refractivity contribution >= 4 is 27.0 Å². The Labute approximate surface area is 158 Å². The van der Waals surface area contributed by atoms with Crippen LogP contribution in [-0.4, -0.2) is 24.3 Å². The van der Waals surface area contributed by atoms with E-state index in [1.807, 2.05) is 33.6 Å². The summed E-state index contributed by atoms with van der Waals surface area (Å²) in [6.07, 6.45) is 7.21. The van der Waals surface area contributed by atoms with Crippen LogP contribution in [0.5, 0.6) is 0 Å². The zero-order valence-electron chi connectivity index (χ0n) is 14.3. The van der Waals surface area contributed by atoms with Crippen LogP contribution >= 0.6 is 15.9 Å². The van der Waals surface area contributed by atoms with Crippen molar-refractivity contribution in [1.29, 1.82) is 5.26 Å². The Balaban J connectivity index is 2.02. The highest BCUT2D eigenvalue weighted by molar-refractivity contribution is 9.10. The number of benzene rings is 1. The first-order valence-corrected chi connectivity index (χ1v) is 8.95. The first-order chi connectivity index (χ1) is 12.6. The molecule has 0 unspecified atom stereocenters. The molecular formula is C19H15BrN6. The van der Waals surface area contributed by atoms with E-state index in [0.717, 1.165) is 32.6 Å². The van der Waals surface area contributed by atoms with Crippen molar-refractivity contribution in [2.75, 3.05) is 0 Å². The van der Waals surface area contributed by atoms with Gasteiger partial charge >= 0.3 is 0 Å². The number of halogens is 1. The van der Waals surface area contributed by atoms with Crippen LogP contribution < -0.4 is 0 Å².